The maximum absolute atomic E-state index is 5.83. The maximum atomic E-state index is 5.83. The van der Waals surface area contributed by atoms with Crippen molar-refractivity contribution in [1.29, 1.82) is 0 Å². The molecule has 2 unspecified atom stereocenters. The fourth-order valence-electron chi connectivity index (χ4n) is 3.00. The van der Waals surface area contributed by atoms with E-state index in [1.54, 1.807) is 7.11 Å². The monoisotopic (exact) mass is 219 g/mol. The third-order valence-electron chi connectivity index (χ3n) is 4.09. The molecule has 2 nitrogen and oxygen atoms in total. The first kappa shape index (κ1) is 11.5. The van der Waals surface area contributed by atoms with Gasteiger partial charge in [0.15, 0.2) is 0 Å². The summed E-state index contributed by atoms with van der Waals surface area (Å²) in [6.07, 6.45) is 0. The molecule has 1 aromatic carbocycles. The van der Waals surface area contributed by atoms with Crippen LogP contribution in [0.1, 0.15) is 30.9 Å². The van der Waals surface area contributed by atoms with Crippen LogP contribution in [0.25, 0.3) is 0 Å². The van der Waals surface area contributed by atoms with Crippen LogP contribution in [0, 0.1) is 18.3 Å². The van der Waals surface area contributed by atoms with E-state index in [1.807, 2.05) is 0 Å². The van der Waals surface area contributed by atoms with Crippen molar-refractivity contribution in [3.8, 4) is 5.75 Å². The number of rotatable bonds is 3. The smallest absolute Gasteiger partial charge is 0.125 e. The second-order valence-corrected chi connectivity index (χ2v) is 5.34. The highest BCUT2D eigenvalue weighted by molar-refractivity contribution is 5.47. The molecule has 2 atom stereocenters. The summed E-state index contributed by atoms with van der Waals surface area (Å²) in [7, 11) is 1.75. The highest BCUT2D eigenvalue weighted by atomic mass is 16.5. The summed E-state index contributed by atoms with van der Waals surface area (Å²) in [5.74, 6) is 2.17. The number of benzene rings is 1. The average molecular weight is 219 g/mol. The molecule has 0 spiro atoms. The van der Waals surface area contributed by atoms with Crippen molar-refractivity contribution in [3.63, 3.8) is 0 Å². The molecule has 0 saturated heterocycles. The van der Waals surface area contributed by atoms with Crippen molar-refractivity contribution in [2.45, 2.75) is 26.7 Å². The zero-order chi connectivity index (χ0) is 11.9. The van der Waals surface area contributed by atoms with Crippen LogP contribution >= 0.6 is 0 Å². The van der Waals surface area contributed by atoms with Crippen LogP contribution in [0.4, 0.5) is 0 Å². The molecule has 2 N–H and O–H groups in total. The average Bonchev–Trinajstić information content (AvgIpc) is 2.79. The summed E-state index contributed by atoms with van der Waals surface area (Å²) >= 11 is 0. The van der Waals surface area contributed by atoms with E-state index in [-0.39, 0.29) is 0 Å². The zero-order valence-electron chi connectivity index (χ0n) is 10.6. The minimum absolute atomic E-state index is 0.315. The second kappa shape index (κ2) is 3.77. The molecule has 0 amide bonds. The number of nitrogens with two attached hydrogens (primary N) is 1. The number of methoxy groups -OCH3 is 1. The van der Waals surface area contributed by atoms with Gasteiger partial charge >= 0.3 is 0 Å². The lowest BCUT2D eigenvalue weighted by Gasteiger charge is -2.12. The standard InChI is InChI=1S/C14H21NO/c1-9-6-5-7-10(13(9)16-4)12-11(8-15)14(12,2)3/h5-7,11-12H,8,15H2,1-4H3. The third-order valence-corrected chi connectivity index (χ3v) is 4.09. The van der Waals surface area contributed by atoms with Crippen molar-refractivity contribution < 1.29 is 4.74 Å². The van der Waals surface area contributed by atoms with Crippen LogP contribution in [0.5, 0.6) is 5.75 Å². The molecule has 0 aliphatic heterocycles. The summed E-state index contributed by atoms with van der Waals surface area (Å²) in [6, 6.07) is 6.37. The number of ether oxygens (including phenoxy) is 1. The highest BCUT2D eigenvalue weighted by Crippen LogP contribution is 2.65. The van der Waals surface area contributed by atoms with Gasteiger partial charge < -0.3 is 10.5 Å². The molecule has 1 aliphatic rings. The fraction of sp³-hybridized carbons (Fsp3) is 0.571. The van der Waals surface area contributed by atoms with Crippen LogP contribution in [-0.4, -0.2) is 13.7 Å². The van der Waals surface area contributed by atoms with Gasteiger partial charge in [0.05, 0.1) is 7.11 Å². The first-order valence-electron chi connectivity index (χ1n) is 5.87. The lowest BCUT2D eigenvalue weighted by molar-refractivity contribution is 0.404. The second-order valence-electron chi connectivity index (χ2n) is 5.34. The van der Waals surface area contributed by atoms with Crippen LogP contribution in [0.15, 0.2) is 18.2 Å². The van der Waals surface area contributed by atoms with E-state index < -0.39 is 0 Å². The Kier molecular flexibility index (Phi) is 2.70. The molecule has 2 heteroatoms. The van der Waals surface area contributed by atoms with E-state index in [9.17, 15) is 0 Å². The Bertz CT molecular complexity index is 398. The number of aryl methyl sites for hydroxylation is 1. The van der Waals surface area contributed by atoms with Gasteiger partial charge in [0.25, 0.3) is 0 Å². The largest absolute Gasteiger partial charge is 0.496 e. The molecular weight excluding hydrogens is 198 g/mol. The van der Waals surface area contributed by atoms with Crippen molar-refractivity contribution in [2.24, 2.45) is 17.1 Å². The Morgan fingerprint density at radius 1 is 1.38 bits per heavy atom. The highest BCUT2D eigenvalue weighted by Gasteiger charge is 2.58. The molecule has 1 fully saturated rings. The molecule has 16 heavy (non-hydrogen) atoms. The van der Waals surface area contributed by atoms with Gasteiger partial charge in [-0.15, -0.1) is 0 Å². The van der Waals surface area contributed by atoms with Crippen LogP contribution in [0.3, 0.4) is 0 Å². The normalized spacial score (nSPS) is 26.6. The predicted octanol–water partition coefficient (Wildman–Crippen LogP) is 2.70. The number of hydrogen-bond donors (Lipinski definition) is 1. The Labute approximate surface area is 97.8 Å². The lowest BCUT2D eigenvalue weighted by Crippen LogP contribution is -2.05. The fourth-order valence-corrected chi connectivity index (χ4v) is 3.00. The van der Waals surface area contributed by atoms with Crippen LogP contribution in [-0.2, 0) is 0 Å². The molecule has 0 radical (unpaired) electrons. The first-order chi connectivity index (χ1) is 7.54. The molecule has 1 aliphatic carbocycles. The summed E-state index contributed by atoms with van der Waals surface area (Å²) < 4.78 is 5.52. The summed E-state index contributed by atoms with van der Waals surface area (Å²) in [4.78, 5) is 0. The van der Waals surface area contributed by atoms with E-state index in [1.165, 1.54) is 11.1 Å². The van der Waals surface area contributed by atoms with Crippen LogP contribution in [0.2, 0.25) is 0 Å². The van der Waals surface area contributed by atoms with Gasteiger partial charge in [-0.25, -0.2) is 0 Å². The Balaban J connectivity index is 2.39. The van der Waals surface area contributed by atoms with Gasteiger partial charge in [0.2, 0.25) is 0 Å². The van der Waals surface area contributed by atoms with Crippen molar-refractivity contribution in [3.05, 3.63) is 29.3 Å². The molecule has 1 aromatic rings. The lowest BCUT2D eigenvalue weighted by atomic mass is 10.00. The number of para-hydroxylation sites is 1. The predicted molar refractivity (Wildman–Crippen MR) is 66.8 cm³/mol. The van der Waals surface area contributed by atoms with Gasteiger partial charge in [-0.2, -0.15) is 0 Å². The minimum Gasteiger partial charge on any atom is -0.496 e. The quantitative estimate of drug-likeness (QED) is 0.848. The minimum atomic E-state index is 0.315. The summed E-state index contributed by atoms with van der Waals surface area (Å²) in [5, 5.41) is 0. The van der Waals surface area contributed by atoms with E-state index in [0.717, 1.165) is 12.3 Å². The van der Waals surface area contributed by atoms with Gasteiger partial charge in [-0.05, 0) is 41.8 Å². The molecule has 0 aromatic heterocycles. The molecular formula is C14H21NO. The maximum Gasteiger partial charge on any atom is 0.125 e. The SMILES string of the molecule is COc1c(C)cccc1C1C(CN)C1(C)C. The molecule has 0 heterocycles. The molecule has 0 bridgehead atoms. The van der Waals surface area contributed by atoms with Crippen LogP contribution < -0.4 is 10.5 Å². The Morgan fingerprint density at radius 3 is 2.56 bits per heavy atom. The van der Waals surface area contributed by atoms with Gasteiger partial charge in [0, 0.05) is 0 Å². The first-order valence-corrected chi connectivity index (χ1v) is 5.87. The van der Waals surface area contributed by atoms with E-state index in [2.05, 4.69) is 39.0 Å². The van der Waals surface area contributed by atoms with E-state index in [0.29, 0.717) is 17.3 Å². The van der Waals surface area contributed by atoms with E-state index >= 15 is 0 Å². The van der Waals surface area contributed by atoms with E-state index in [4.69, 9.17) is 10.5 Å². The Hall–Kier alpha value is -1.02. The molecule has 1 saturated carbocycles. The van der Waals surface area contributed by atoms with Gasteiger partial charge in [-0.3, -0.25) is 0 Å². The van der Waals surface area contributed by atoms with Gasteiger partial charge in [-0.1, -0.05) is 32.0 Å². The topological polar surface area (TPSA) is 35.2 Å². The summed E-state index contributed by atoms with van der Waals surface area (Å²) in [6.45, 7) is 7.43. The van der Waals surface area contributed by atoms with Crippen molar-refractivity contribution in [1.82, 2.24) is 0 Å². The number of hydrogen-bond acceptors (Lipinski definition) is 2. The summed E-state index contributed by atoms with van der Waals surface area (Å²) in [5.41, 5.74) is 8.67. The van der Waals surface area contributed by atoms with Crippen molar-refractivity contribution in [2.75, 3.05) is 13.7 Å². The van der Waals surface area contributed by atoms with Crippen molar-refractivity contribution >= 4 is 0 Å². The Morgan fingerprint density at radius 2 is 2.06 bits per heavy atom. The molecule has 88 valence electrons. The van der Waals surface area contributed by atoms with Gasteiger partial charge in [0.1, 0.15) is 5.75 Å². The third kappa shape index (κ3) is 1.52. The molecule has 2 rings (SSSR count). The zero-order valence-corrected chi connectivity index (χ0v) is 10.6.